The van der Waals surface area contributed by atoms with E-state index in [0.717, 1.165) is 0 Å². The van der Waals surface area contributed by atoms with Crippen LogP contribution in [0.15, 0.2) is 29.2 Å². The Labute approximate surface area is 119 Å². The van der Waals surface area contributed by atoms with Gasteiger partial charge < -0.3 is 4.74 Å². The summed E-state index contributed by atoms with van der Waals surface area (Å²) in [7, 11) is -5.29. The van der Waals surface area contributed by atoms with Crippen LogP contribution in [0.3, 0.4) is 0 Å². The van der Waals surface area contributed by atoms with Crippen molar-refractivity contribution in [3.63, 3.8) is 0 Å². The third-order valence-corrected chi connectivity index (χ3v) is 7.39. The first kappa shape index (κ1) is 15.3. The molecule has 1 aliphatic rings. The van der Waals surface area contributed by atoms with E-state index in [1.165, 1.54) is 23.5 Å². The largest absolute Gasteiger partial charge is 0.497 e. The predicted molar refractivity (Wildman–Crippen MR) is 75.0 cm³/mol. The van der Waals surface area contributed by atoms with Crippen molar-refractivity contribution in [3.05, 3.63) is 24.3 Å². The summed E-state index contributed by atoms with van der Waals surface area (Å²) in [4.78, 5) is 0.144. The van der Waals surface area contributed by atoms with Crippen molar-refractivity contribution in [1.29, 1.82) is 0 Å². The van der Waals surface area contributed by atoms with Gasteiger partial charge in [-0.1, -0.05) is 6.92 Å². The third kappa shape index (κ3) is 2.68. The Morgan fingerprint density at radius 3 is 2.15 bits per heavy atom. The molecule has 8 heteroatoms. The minimum atomic E-state index is -3.62. The van der Waals surface area contributed by atoms with E-state index in [2.05, 4.69) is 0 Å². The molecule has 1 aliphatic heterocycles. The predicted octanol–water partition coefficient (Wildman–Crippen LogP) is 0.503. The molecule has 0 radical (unpaired) electrons. The molecule has 0 atom stereocenters. The summed E-state index contributed by atoms with van der Waals surface area (Å²) in [5, 5.41) is -0.583. The molecule has 112 valence electrons. The molecule has 1 aromatic carbocycles. The normalized spacial score (nSPS) is 17.7. The first-order valence-electron chi connectivity index (χ1n) is 6.17. The summed E-state index contributed by atoms with van der Waals surface area (Å²) in [6, 6.07) is 6.03. The molecule has 0 aromatic heterocycles. The fraction of sp³-hybridized carbons (Fsp3) is 0.500. The van der Waals surface area contributed by atoms with Gasteiger partial charge in [-0.2, -0.15) is 4.31 Å². The van der Waals surface area contributed by atoms with E-state index in [1.54, 1.807) is 19.1 Å². The quantitative estimate of drug-likeness (QED) is 0.789. The van der Waals surface area contributed by atoms with Crippen LogP contribution in [-0.2, 0) is 19.9 Å². The Balaban J connectivity index is 2.13. The maximum absolute atomic E-state index is 12.3. The van der Waals surface area contributed by atoms with E-state index in [0.29, 0.717) is 5.75 Å². The Bertz CT molecular complexity index is 673. The highest BCUT2D eigenvalue weighted by Gasteiger charge is 2.42. The van der Waals surface area contributed by atoms with Crippen LogP contribution in [0.5, 0.6) is 5.75 Å². The molecule has 0 amide bonds. The standard InChI is InChI=1S/C12H17NO5S2/c1-3-19(14,15)12-8-13(9-12)20(16,17)11-6-4-10(18-2)5-7-11/h4-7,12H,3,8-9H2,1-2H3. The first-order valence-corrected chi connectivity index (χ1v) is 9.32. The molecule has 0 bridgehead atoms. The van der Waals surface area contributed by atoms with Crippen molar-refractivity contribution in [3.8, 4) is 5.75 Å². The molecule has 20 heavy (non-hydrogen) atoms. The van der Waals surface area contributed by atoms with Crippen LogP contribution >= 0.6 is 0 Å². The number of hydrogen-bond acceptors (Lipinski definition) is 5. The van der Waals surface area contributed by atoms with Crippen molar-refractivity contribution in [1.82, 2.24) is 4.31 Å². The number of rotatable bonds is 5. The van der Waals surface area contributed by atoms with Crippen LogP contribution in [0.2, 0.25) is 0 Å². The number of benzene rings is 1. The number of nitrogens with zero attached hydrogens (tertiary/aromatic N) is 1. The molecule has 2 rings (SSSR count). The molecule has 0 N–H and O–H groups in total. The molecule has 6 nitrogen and oxygen atoms in total. The van der Waals surface area contributed by atoms with Crippen molar-refractivity contribution < 1.29 is 21.6 Å². The molecule has 0 spiro atoms. The Kier molecular flexibility index (Phi) is 4.08. The van der Waals surface area contributed by atoms with Crippen LogP contribution in [-0.4, -0.2) is 52.3 Å². The van der Waals surface area contributed by atoms with Gasteiger partial charge in [0.05, 0.1) is 17.3 Å². The second kappa shape index (κ2) is 5.34. The van der Waals surface area contributed by atoms with Crippen molar-refractivity contribution >= 4 is 19.9 Å². The number of ether oxygens (including phenoxy) is 1. The lowest BCUT2D eigenvalue weighted by atomic mass is 10.3. The van der Waals surface area contributed by atoms with Crippen LogP contribution in [0, 0.1) is 0 Å². The summed E-state index contributed by atoms with van der Waals surface area (Å²) < 4.78 is 54.0. The second-order valence-electron chi connectivity index (χ2n) is 4.57. The van der Waals surface area contributed by atoms with Crippen LogP contribution in [0.25, 0.3) is 0 Å². The summed E-state index contributed by atoms with van der Waals surface area (Å²) in [6.07, 6.45) is 0. The lowest BCUT2D eigenvalue weighted by Gasteiger charge is -2.37. The fourth-order valence-corrected chi connectivity index (χ4v) is 4.96. The van der Waals surface area contributed by atoms with E-state index in [1.807, 2.05) is 0 Å². The number of methoxy groups -OCH3 is 1. The van der Waals surface area contributed by atoms with Crippen LogP contribution in [0.1, 0.15) is 6.92 Å². The zero-order valence-corrected chi connectivity index (χ0v) is 12.9. The van der Waals surface area contributed by atoms with E-state index in [9.17, 15) is 16.8 Å². The maximum atomic E-state index is 12.3. The van der Waals surface area contributed by atoms with Crippen molar-refractivity contribution in [2.24, 2.45) is 0 Å². The summed E-state index contributed by atoms with van der Waals surface area (Å²) in [5.41, 5.74) is 0. The van der Waals surface area contributed by atoms with Gasteiger partial charge in [0.15, 0.2) is 9.84 Å². The van der Waals surface area contributed by atoms with Crippen LogP contribution < -0.4 is 4.74 Å². The molecular weight excluding hydrogens is 302 g/mol. The van der Waals surface area contributed by atoms with E-state index < -0.39 is 25.1 Å². The zero-order chi connectivity index (χ0) is 15.0. The summed E-state index contributed by atoms with van der Waals surface area (Å²) in [5.74, 6) is 0.604. The molecule has 0 aliphatic carbocycles. The van der Waals surface area contributed by atoms with Gasteiger partial charge in [-0.15, -0.1) is 0 Å². The average molecular weight is 319 g/mol. The molecule has 1 saturated heterocycles. The van der Waals surface area contributed by atoms with E-state index >= 15 is 0 Å². The number of hydrogen-bond donors (Lipinski definition) is 0. The molecule has 0 saturated carbocycles. The summed E-state index contributed by atoms with van der Waals surface area (Å²) in [6.45, 7) is 1.63. The highest BCUT2D eigenvalue weighted by molar-refractivity contribution is 7.92. The number of sulfone groups is 1. The average Bonchev–Trinajstić information content (AvgIpc) is 2.36. The van der Waals surface area contributed by atoms with Gasteiger partial charge in [0.1, 0.15) is 5.75 Å². The minimum absolute atomic E-state index is 0.0323. The van der Waals surface area contributed by atoms with Crippen molar-refractivity contribution in [2.45, 2.75) is 17.1 Å². The Morgan fingerprint density at radius 2 is 1.70 bits per heavy atom. The highest BCUT2D eigenvalue weighted by atomic mass is 32.2. The van der Waals surface area contributed by atoms with Gasteiger partial charge in [0.2, 0.25) is 10.0 Å². The van der Waals surface area contributed by atoms with Gasteiger partial charge in [0, 0.05) is 18.8 Å². The monoisotopic (exact) mass is 319 g/mol. The molecular formula is C12H17NO5S2. The van der Waals surface area contributed by atoms with Gasteiger partial charge in [-0.25, -0.2) is 16.8 Å². The van der Waals surface area contributed by atoms with E-state index in [4.69, 9.17) is 4.74 Å². The Hall–Kier alpha value is -1.12. The van der Waals surface area contributed by atoms with Gasteiger partial charge in [-0.3, -0.25) is 0 Å². The second-order valence-corrected chi connectivity index (χ2v) is 9.08. The Morgan fingerprint density at radius 1 is 1.15 bits per heavy atom. The van der Waals surface area contributed by atoms with Gasteiger partial charge >= 0.3 is 0 Å². The molecule has 1 aromatic rings. The van der Waals surface area contributed by atoms with E-state index in [-0.39, 0.29) is 23.7 Å². The lowest BCUT2D eigenvalue weighted by Crippen LogP contribution is -2.57. The molecule has 1 heterocycles. The maximum Gasteiger partial charge on any atom is 0.243 e. The SMILES string of the molecule is CCS(=O)(=O)C1CN(S(=O)(=O)c2ccc(OC)cc2)C1. The van der Waals surface area contributed by atoms with Gasteiger partial charge in [-0.05, 0) is 24.3 Å². The third-order valence-electron chi connectivity index (χ3n) is 3.42. The zero-order valence-electron chi connectivity index (χ0n) is 11.3. The minimum Gasteiger partial charge on any atom is -0.497 e. The lowest BCUT2D eigenvalue weighted by molar-refractivity contribution is 0.310. The highest BCUT2D eigenvalue weighted by Crippen LogP contribution is 2.26. The first-order chi connectivity index (χ1) is 9.31. The summed E-state index contributed by atoms with van der Waals surface area (Å²) >= 11 is 0. The van der Waals surface area contributed by atoms with Crippen LogP contribution in [0.4, 0.5) is 0 Å². The molecule has 0 unspecified atom stereocenters. The smallest absolute Gasteiger partial charge is 0.243 e. The number of sulfonamides is 1. The van der Waals surface area contributed by atoms with Gasteiger partial charge in [0.25, 0.3) is 0 Å². The van der Waals surface area contributed by atoms with Crippen molar-refractivity contribution in [2.75, 3.05) is 26.0 Å². The fourth-order valence-electron chi connectivity index (χ4n) is 1.96. The molecule has 1 fully saturated rings. The topological polar surface area (TPSA) is 80.8 Å².